The van der Waals surface area contributed by atoms with Crippen molar-refractivity contribution in [3.05, 3.63) is 89.2 Å². The number of fused-ring (bicyclic) bond motifs is 1. The molecule has 0 saturated heterocycles. The third kappa shape index (κ3) is 4.75. The number of nitrogens with one attached hydrogen (secondary N) is 1. The summed E-state index contributed by atoms with van der Waals surface area (Å²) >= 11 is 0. The molecule has 0 radical (unpaired) electrons. The molecule has 1 amide bonds. The van der Waals surface area contributed by atoms with Crippen molar-refractivity contribution in [1.82, 2.24) is 0 Å². The van der Waals surface area contributed by atoms with Gasteiger partial charge in [0.1, 0.15) is 17.1 Å². The van der Waals surface area contributed by atoms with Crippen molar-refractivity contribution < 1.29 is 23.5 Å². The maximum atomic E-state index is 13.2. The summed E-state index contributed by atoms with van der Waals surface area (Å²) in [7, 11) is 0. The van der Waals surface area contributed by atoms with E-state index in [0.29, 0.717) is 40.3 Å². The van der Waals surface area contributed by atoms with Crippen LogP contribution in [0.15, 0.2) is 71.1 Å². The van der Waals surface area contributed by atoms with Gasteiger partial charge in [-0.05, 0) is 68.3 Å². The van der Waals surface area contributed by atoms with Gasteiger partial charge >= 0.3 is 0 Å². The van der Waals surface area contributed by atoms with Crippen molar-refractivity contribution in [3.63, 3.8) is 0 Å². The summed E-state index contributed by atoms with van der Waals surface area (Å²) in [4.78, 5) is 26.0. The van der Waals surface area contributed by atoms with E-state index in [-0.39, 0.29) is 24.1 Å². The molecule has 4 aromatic rings. The van der Waals surface area contributed by atoms with Crippen molar-refractivity contribution in [2.45, 2.75) is 20.8 Å². The maximum absolute atomic E-state index is 13.2. The van der Waals surface area contributed by atoms with E-state index in [1.807, 2.05) is 51.1 Å². The van der Waals surface area contributed by atoms with E-state index in [0.717, 1.165) is 11.1 Å². The van der Waals surface area contributed by atoms with Gasteiger partial charge in [0.25, 0.3) is 5.91 Å². The first kappa shape index (κ1) is 22.1. The number of carbonyl (C=O) groups is 2. The lowest BCUT2D eigenvalue weighted by Crippen LogP contribution is -2.21. The van der Waals surface area contributed by atoms with E-state index in [4.69, 9.17) is 13.9 Å². The Morgan fingerprint density at radius 2 is 1.58 bits per heavy atom. The molecule has 0 aliphatic rings. The van der Waals surface area contributed by atoms with Crippen LogP contribution < -0.4 is 14.8 Å². The molecule has 0 unspecified atom stereocenters. The Labute approximate surface area is 192 Å². The predicted molar refractivity (Wildman–Crippen MR) is 127 cm³/mol. The van der Waals surface area contributed by atoms with Crippen molar-refractivity contribution >= 4 is 28.3 Å². The molecule has 6 nitrogen and oxygen atoms in total. The molecule has 3 aromatic carbocycles. The summed E-state index contributed by atoms with van der Waals surface area (Å²) in [5.74, 6) is 0.706. The Morgan fingerprint density at radius 3 is 2.27 bits per heavy atom. The van der Waals surface area contributed by atoms with E-state index in [9.17, 15) is 9.59 Å². The maximum Gasteiger partial charge on any atom is 0.262 e. The zero-order chi connectivity index (χ0) is 23.4. The Hall–Kier alpha value is -4.06. The van der Waals surface area contributed by atoms with Crippen LogP contribution in [0.3, 0.4) is 0 Å². The molecule has 4 rings (SSSR count). The third-order valence-electron chi connectivity index (χ3n) is 5.25. The number of hydrogen-bond acceptors (Lipinski definition) is 5. The van der Waals surface area contributed by atoms with E-state index in [1.54, 1.807) is 36.4 Å². The number of ketones is 1. The quantitative estimate of drug-likeness (QED) is 0.354. The van der Waals surface area contributed by atoms with Gasteiger partial charge in [0.15, 0.2) is 12.4 Å². The highest BCUT2D eigenvalue weighted by atomic mass is 16.5. The highest BCUT2D eigenvalue weighted by Gasteiger charge is 2.23. The highest BCUT2D eigenvalue weighted by molar-refractivity contribution is 6.17. The highest BCUT2D eigenvalue weighted by Crippen LogP contribution is 2.33. The molecule has 1 aromatic heterocycles. The van der Waals surface area contributed by atoms with Gasteiger partial charge in [-0.1, -0.05) is 30.3 Å². The van der Waals surface area contributed by atoms with Crippen LogP contribution in [-0.2, 0) is 4.79 Å². The molecule has 0 aliphatic heterocycles. The summed E-state index contributed by atoms with van der Waals surface area (Å²) < 4.78 is 17.1. The van der Waals surface area contributed by atoms with Gasteiger partial charge in [-0.3, -0.25) is 9.59 Å². The first-order valence-corrected chi connectivity index (χ1v) is 10.8. The number of benzene rings is 3. The third-order valence-corrected chi connectivity index (χ3v) is 5.25. The number of para-hydroxylation sites is 2. The number of furan rings is 1. The molecule has 168 valence electrons. The van der Waals surface area contributed by atoms with Crippen molar-refractivity contribution in [3.8, 4) is 11.5 Å². The zero-order valence-electron chi connectivity index (χ0n) is 18.8. The van der Waals surface area contributed by atoms with Gasteiger partial charge in [0.05, 0.1) is 12.3 Å². The number of carbonyl (C=O) groups excluding carboxylic acids is 2. The summed E-state index contributed by atoms with van der Waals surface area (Å²) in [6, 6.07) is 19.8. The van der Waals surface area contributed by atoms with Crippen LogP contribution in [0.4, 0.5) is 5.69 Å². The number of aryl methyl sites for hydroxylation is 2. The molecule has 33 heavy (non-hydrogen) atoms. The normalized spacial score (nSPS) is 10.8. The van der Waals surface area contributed by atoms with Gasteiger partial charge in [0, 0.05) is 10.9 Å². The second-order valence-corrected chi connectivity index (χ2v) is 7.65. The molecule has 6 heteroatoms. The molecule has 1 N–H and O–H groups in total. The van der Waals surface area contributed by atoms with E-state index >= 15 is 0 Å². The van der Waals surface area contributed by atoms with Crippen molar-refractivity contribution in [2.24, 2.45) is 0 Å². The number of amides is 1. The average Bonchev–Trinajstić information content (AvgIpc) is 3.17. The standard InChI is InChI=1S/C27H25NO5/c1-4-31-20-14-12-19(13-15-20)25(30)27-24(21-10-5-6-11-22(21)33-27)28-23(29)16-32-26-17(2)8-7-9-18(26)3/h5-15H,4,16H2,1-3H3,(H,28,29). The molecule has 0 saturated carbocycles. The monoisotopic (exact) mass is 443 g/mol. The summed E-state index contributed by atoms with van der Waals surface area (Å²) in [6.07, 6.45) is 0. The second-order valence-electron chi connectivity index (χ2n) is 7.65. The fourth-order valence-corrected chi connectivity index (χ4v) is 3.67. The van der Waals surface area contributed by atoms with Crippen LogP contribution >= 0.6 is 0 Å². The summed E-state index contributed by atoms with van der Waals surface area (Å²) in [5.41, 5.74) is 3.17. The van der Waals surface area contributed by atoms with E-state index in [1.165, 1.54) is 0 Å². The van der Waals surface area contributed by atoms with Crippen molar-refractivity contribution in [2.75, 3.05) is 18.5 Å². The average molecular weight is 443 g/mol. The van der Waals surface area contributed by atoms with Crippen LogP contribution in [0.2, 0.25) is 0 Å². The van der Waals surface area contributed by atoms with Gasteiger partial charge in [-0.15, -0.1) is 0 Å². The van der Waals surface area contributed by atoms with Gasteiger partial charge in [-0.2, -0.15) is 0 Å². The number of rotatable bonds is 8. The first-order chi connectivity index (χ1) is 16.0. The molecular weight excluding hydrogens is 418 g/mol. The molecule has 0 spiro atoms. The lowest BCUT2D eigenvalue weighted by Gasteiger charge is -2.12. The number of hydrogen-bond donors (Lipinski definition) is 1. The Balaban J connectivity index is 1.59. The first-order valence-electron chi connectivity index (χ1n) is 10.8. The largest absolute Gasteiger partial charge is 0.494 e. The minimum Gasteiger partial charge on any atom is -0.494 e. The number of anilines is 1. The van der Waals surface area contributed by atoms with Crippen molar-refractivity contribution in [1.29, 1.82) is 0 Å². The molecule has 0 bridgehead atoms. The second kappa shape index (κ2) is 9.61. The minimum absolute atomic E-state index is 0.0702. The lowest BCUT2D eigenvalue weighted by atomic mass is 10.1. The molecular formula is C27H25NO5. The SMILES string of the molecule is CCOc1ccc(C(=O)c2oc3ccccc3c2NC(=O)COc2c(C)cccc2C)cc1. The number of ether oxygens (including phenoxy) is 2. The van der Waals surface area contributed by atoms with E-state index in [2.05, 4.69) is 5.32 Å². The van der Waals surface area contributed by atoms with Crippen LogP contribution in [0.5, 0.6) is 11.5 Å². The fraction of sp³-hybridized carbons (Fsp3) is 0.185. The fourth-order valence-electron chi connectivity index (χ4n) is 3.67. The van der Waals surface area contributed by atoms with Crippen LogP contribution in [0.25, 0.3) is 11.0 Å². The summed E-state index contributed by atoms with van der Waals surface area (Å²) in [6.45, 7) is 6.10. The van der Waals surface area contributed by atoms with Gasteiger partial charge in [0.2, 0.25) is 5.78 Å². The van der Waals surface area contributed by atoms with Crippen LogP contribution in [0.1, 0.15) is 34.2 Å². The van der Waals surface area contributed by atoms with Gasteiger partial charge < -0.3 is 19.2 Å². The molecule has 0 atom stereocenters. The van der Waals surface area contributed by atoms with Gasteiger partial charge in [-0.25, -0.2) is 0 Å². The smallest absolute Gasteiger partial charge is 0.262 e. The Kier molecular flexibility index (Phi) is 6.45. The molecule has 0 aliphatic carbocycles. The summed E-state index contributed by atoms with van der Waals surface area (Å²) in [5, 5.41) is 3.47. The minimum atomic E-state index is -0.384. The lowest BCUT2D eigenvalue weighted by molar-refractivity contribution is -0.118. The molecule has 1 heterocycles. The van der Waals surface area contributed by atoms with Crippen LogP contribution in [0, 0.1) is 13.8 Å². The Morgan fingerprint density at radius 1 is 0.879 bits per heavy atom. The topological polar surface area (TPSA) is 77.8 Å². The van der Waals surface area contributed by atoms with Crippen LogP contribution in [-0.4, -0.2) is 24.9 Å². The molecule has 0 fully saturated rings. The van der Waals surface area contributed by atoms with E-state index < -0.39 is 0 Å². The Bertz CT molecular complexity index is 1280. The predicted octanol–water partition coefficient (Wildman–Crippen LogP) is 5.70. The zero-order valence-corrected chi connectivity index (χ0v) is 18.8.